The summed E-state index contributed by atoms with van der Waals surface area (Å²) in [5.41, 5.74) is 4.50. The van der Waals surface area contributed by atoms with Crippen LogP contribution in [0.4, 0.5) is 11.4 Å². The second-order valence-corrected chi connectivity index (χ2v) is 14.7. The summed E-state index contributed by atoms with van der Waals surface area (Å²) in [7, 11) is -4.32. The number of nitrogens with two attached hydrogens (primary N) is 1. The molecule has 1 aliphatic heterocycles. The molecule has 1 atom stereocenters. The van der Waals surface area contributed by atoms with Crippen LogP contribution in [0.3, 0.4) is 0 Å². The Balaban J connectivity index is 1.19. The molecule has 1 unspecified atom stereocenters. The molecule has 0 saturated carbocycles. The van der Waals surface area contributed by atoms with E-state index in [1.807, 2.05) is 13.8 Å². The Morgan fingerprint density at radius 3 is 2.56 bits per heavy atom. The van der Waals surface area contributed by atoms with Crippen LogP contribution in [0, 0.1) is 13.8 Å². The van der Waals surface area contributed by atoms with Crippen LogP contribution in [0.15, 0.2) is 58.0 Å². The van der Waals surface area contributed by atoms with Crippen molar-refractivity contribution in [3.63, 3.8) is 0 Å². The van der Waals surface area contributed by atoms with Crippen LogP contribution < -0.4 is 21.1 Å². The van der Waals surface area contributed by atoms with Gasteiger partial charge in [-0.3, -0.25) is 14.4 Å². The second-order valence-electron chi connectivity index (χ2n) is 12.8. The number of anilines is 2. The molecule has 4 aromatic rings. The van der Waals surface area contributed by atoms with Gasteiger partial charge in [0.2, 0.25) is 10.0 Å². The van der Waals surface area contributed by atoms with Crippen LogP contribution >= 0.6 is 11.6 Å². The predicted molar refractivity (Wildman–Crippen MR) is 204 cm³/mol. The molecule has 5 rings (SSSR count). The van der Waals surface area contributed by atoms with E-state index in [1.165, 1.54) is 19.3 Å². The lowest BCUT2D eigenvalue weighted by atomic mass is 9.99. The number of Topliss-reactive ketones (excluding diaryl/α,β-unsaturated/α-hetero) is 1. The highest BCUT2D eigenvalue weighted by Gasteiger charge is 2.28. The van der Waals surface area contributed by atoms with Crippen molar-refractivity contribution in [1.82, 2.24) is 10.3 Å². The number of hydrogen-bond donors (Lipinski definition) is 5. The van der Waals surface area contributed by atoms with Gasteiger partial charge < -0.3 is 34.8 Å². The van der Waals surface area contributed by atoms with Gasteiger partial charge in [-0.05, 0) is 80.8 Å². The Morgan fingerprint density at radius 1 is 1.11 bits per heavy atom. The lowest BCUT2D eigenvalue weighted by Crippen LogP contribution is -2.27. The molecule has 17 heteroatoms. The molecule has 3 heterocycles. The molecule has 0 radical (unpaired) electrons. The van der Waals surface area contributed by atoms with Gasteiger partial charge in [0.25, 0.3) is 11.8 Å². The summed E-state index contributed by atoms with van der Waals surface area (Å²) in [4.78, 5) is 67.1. The molecule has 2 aromatic carbocycles. The summed E-state index contributed by atoms with van der Waals surface area (Å²) in [6, 6.07) is 10.6. The number of amides is 2. The lowest BCUT2D eigenvalue weighted by Gasteiger charge is -2.16. The maximum absolute atomic E-state index is 13.2. The largest absolute Gasteiger partial charge is 0.467 e. The van der Waals surface area contributed by atoms with Gasteiger partial charge in [0.05, 0.1) is 46.8 Å². The Hall–Kier alpha value is -5.71. The van der Waals surface area contributed by atoms with Crippen LogP contribution in [0.25, 0.3) is 11.6 Å². The van der Waals surface area contributed by atoms with E-state index in [4.69, 9.17) is 30.6 Å². The van der Waals surface area contributed by atoms with E-state index in [0.717, 1.165) is 12.5 Å². The first-order chi connectivity index (χ1) is 26.1. The first-order valence-electron chi connectivity index (χ1n) is 17.2. The summed E-state index contributed by atoms with van der Waals surface area (Å²) >= 11 is 6.13. The van der Waals surface area contributed by atoms with Crippen LogP contribution in [0.5, 0.6) is 0 Å². The van der Waals surface area contributed by atoms with Crippen molar-refractivity contribution in [3.05, 3.63) is 98.7 Å². The molecular formula is C38H40ClN5O10S. The Kier molecular flexibility index (Phi) is 12.6. The lowest BCUT2D eigenvalue weighted by molar-refractivity contribution is -0.153. The number of H-pyrrole nitrogens is 1. The number of aromatic nitrogens is 1. The molecule has 0 fully saturated rings. The van der Waals surface area contributed by atoms with Crippen molar-refractivity contribution in [3.8, 4) is 0 Å². The fourth-order valence-electron chi connectivity index (χ4n) is 5.87. The maximum Gasteiger partial charge on any atom is 0.347 e. The van der Waals surface area contributed by atoms with E-state index in [2.05, 4.69) is 20.9 Å². The standard InChI is InChI=1S/C38H40ClN5O10S/c1-5-11-41-36(47)34-20(2)31(43-21(34)3)16-27-26-15-23(8-9-30(26)44-35(27)46)14-24(45)10-13-53-37(48)22(4)54-38(49)28-17-33(55(40,50)51)29(39)18-32(28)42-19-25-7-6-12-52-25/h6-9,12,15-18,22,42-43H,5,10-11,13-14,19H2,1-4H3,(H,41,47)(H,44,46)(H2,40,50,51)/b27-16-. The molecule has 15 nitrogen and oxygen atoms in total. The van der Waals surface area contributed by atoms with Gasteiger partial charge in [-0.2, -0.15) is 0 Å². The number of benzene rings is 2. The number of hydrogen-bond acceptors (Lipinski definition) is 11. The van der Waals surface area contributed by atoms with Crippen molar-refractivity contribution in [2.75, 3.05) is 23.8 Å². The number of rotatable bonds is 16. The van der Waals surface area contributed by atoms with Gasteiger partial charge in [-0.25, -0.2) is 23.1 Å². The maximum atomic E-state index is 13.2. The van der Waals surface area contributed by atoms with Gasteiger partial charge in [0.1, 0.15) is 16.4 Å². The molecule has 0 spiro atoms. The van der Waals surface area contributed by atoms with Crippen molar-refractivity contribution in [2.45, 2.75) is 64.5 Å². The van der Waals surface area contributed by atoms with Gasteiger partial charge >= 0.3 is 11.9 Å². The van der Waals surface area contributed by atoms with Crippen LogP contribution in [0.2, 0.25) is 5.02 Å². The zero-order chi connectivity index (χ0) is 40.0. The van der Waals surface area contributed by atoms with Crippen LogP contribution in [-0.2, 0) is 46.8 Å². The van der Waals surface area contributed by atoms with E-state index < -0.39 is 33.0 Å². The van der Waals surface area contributed by atoms with Crippen molar-refractivity contribution >= 4 is 74.2 Å². The average Bonchev–Trinajstić information content (AvgIpc) is 3.83. The first kappa shape index (κ1) is 40.5. The average molecular weight is 794 g/mol. The Labute approximate surface area is 322 Å². The summed E-state index contributed by atoms with van der Waals surface area (Å²) in [5, 5.41) is 13.6. The Morgan fingerprint density at radius 2 is 1.87 bits per heavy atom. The summed E-state index contributed by atoms with van der Waals surface area (Å²) in [5.74, 6) is -2.29. The van der Waals surface area contributed by atoms with Gasteiger partial charge in [-0.15, -0.1) is 0 Å². The monoisotopic (exact) mass is 793 g/mol. The number of ether oxygens (including phenoxy) is 2. The van der Waals surface area contributed by atoms with E-state index in [0.29, 0.717) is 57.2 Å². The quantitative estimate of drug-likeness (QED) is 0.0744. The van der Waals surface area contributed by atoms with Crippen molar-refractivity contribution in [2.24, 2.45) is 5.14 Å². The van der Waals surface area contributed by atoms with Crippen molar-refractivity contribution < 1.29 is 46.3 Å². The molecular weight excluding hydrogens is 754 g/mol. The highest BCUT2D eigenvalue weighted by Crippen LogP contribution is 2.35. The molecule has 2 amide bonds. The third-order valence-corrected chi connectivity index (χ3v) is 10.0. The number of ketones is 1. The highest BCUT2D eigenvalue weighted by atomic mass is 35.5. The van der Waals surface area contributed by atoms with E-state index >= 15 is 0 Å². The minimum absolute atomic E-state index is 0.0179. The number of aryl methyl sites for hydroxylation is 1. The number of aromatic amines is 1. The van der Waals surface area contributed by atoms with Gasteiger partial charge in [0, 0.05) is 42.0 Å². The molecule has 2 aromatic heterocycles. The number of halogens is 1. The SMILES string of the molecule is CCCNC(=O)c1c(C)[nH]c(/C=C2\C(=O)Nc3ccc(CC(=O)CCOC(=O)C(C)OC(=O)c4cc(S(N)(=O)=O)c(Cl)cc4NCc4ccco4)cc32)c1C. The highest BCUT2D eigenvalue weighted by molar-refractivity contribution is 7.89. The smallest absolute Gasteiger partial charge is 0.347 e. The number of furan rings is 1. The first-order valence-corrected chi connectivity index (χ1v) is 19.1. The van der Waals surface area contributed by atoms with E-state index in [9.17, 15) is 32.4 Å². The third-order valence-electron chi connectivity index (χ3n) is 8.67. The second kappa shape index (κ2) is 17.2. The molecule has 55 heavy (non-hydrogen) atoms. The molecule has 0 aliphatic carbocycles. The van der Waals surface area contributed by atoms with E-state index in [1.54, 1.807) is 43.3 Å². The van der Waals surface area contributed by atoms with Crippen molar-refractivity contribution in [1.29, 1.82) is 0 Å². The number of primary sulfonamides is 1. The minimum Gasteiger partial charge on any atom is -0.467 e. The van der Waals surface area contributed by atoms with Crippen LogP contribution in [-0.4, -0.2) is 62.2 Å². The normalized spacial score (nSPS) is 13.6. The molecule has 0 bridgehead atoms. The molecule has 6 N–H and O–H groups in total. The van der Waals surface area contributed by atoms with Gasteiger partial charge in [-0.1, -0.05) is 24.6 Å². The number of esters is 2. The molecule has 1 aliphatic rings. The fraction of sp³-hybridized carbons (Fsp3) is 0.289. The topological polar surface area (TPSA) is 229 Å². The number of fused-ring (bicyclic) bond motifs is 1. The summed E-state index contributed by atoms with van der Waals surface area (Å²) in [6.07, 6.45) is 2.33. The number of carbonyl (C=O) groups is 5. The van der Waals surface area contributed by atoms with E-state index in [-0.39, 0.29) is 59.9 Å². The summed E-state index contributed by atoms with van der Waals surface area (Å²) < 4.78 is 39.9. The zero-order valence-electron chi connectivity index (χ0n) is 30.5. The number of nitrogens with one attached hydrogen (secondary N) is 4. The molecule has 290 valence electrons. The molecule has 0 saturated heterocycles. The third kappa shape index (κ3) is 9.70. The number of carbonyl (C=O) groups excluding carboxylic acids is 5. The minimum atomic E-state index is -4.32. The van der Waals surface area contributed by atoms with Gasteiger partial charge in [0.15, 0.2) is 6.10 Å². The summed E-state index contributed by atoms with van der Waals surface area (Å²) in [6.45, 7) is 7.17. The predicted octanol–water partition coefficient (Wildman–Crippen LogP) is 5.06. The number of sulfonamides is 1. The van der Waals surface area contributed by atoms with Crippen LogP contribution in [0.1, 0.15) is 81.2 Å². The Bertz CT molecular complexity index is 2300. The zero-order valence-corrected chi connectivity index (χ0v) is 32.0. The fourth-order valence-corrected chi connectivity index (χ4v) is 6.97.